The van der Waals surface area contributed by atoms with Crippen molar-refractivity contribution in [3.63, 3.8) is 0 Å². The fraction of sp³-hybridized carbons (Fsp3) is 0.857. The van der Waals surface area contributed by atoms with Crippen LogP contribution in [0.25, 0.3) is 0 Å². The van der Waals surface area contributed by atoms with Crippen molar-refractivity contribution < 1.29 is 5.48 Å². The van der Waals surface area contributed by atoms with Crippen LogP contribution >= 0.6 is 0 Å². The Morgan fingerprint density at radius 1 is 0.842 bits per heavy atom. The molecule has 0 amide bonds. The average molecular weight is 266 g/mol. The Kier molecular flexibility index (Phi) is 8.22. The zero-order chi connectivity index (χ0) is 14.4. The summed E-state index contributed by atoms with van der Waals surface area (Å²) < 4.78 is 0. The molecule has 108 valence electrons. The molecular formula is C14H26N4O. The van der Waals surface area contributed by atoms with Crippen molar-refractivity contribution in [2.75, 3.05) is 0 Å². The van der Waals surface area contributed by atoms with Crippen molar-refractivity contribution in [3.8, 4) is 12.1 Å². The van der Waals surface area contributed by atoms with Gasteiger partial charge in [0.2, 0.25) is 0 Å². The Labute approximate surface area is 116 Å². The lowest BCUT2D eigenvalue weighted by molar-refractivity contribution is 0.384. The highest BCUT2D eigenvalue weighted by Gasteiger charge is 2.29. The molecule has 0 aromatic heterocycles. The lowest BCUT2D eigenvalue weighted by Gasteiger charge is -2.22. The highest BCUT2D eigenvalue weighted by atomic mass is 16.0. The van der Waals surface area contributed by atoms with E-state index >= 15 is 0 Å². The van der Waals surface area contributed by atoms with Gasteiger partial charge < -0.3 is 5.48 Å². The first-order valence-corrected chi connectivity index (χ1v) is 6.43. The van der Waals surface area contributed by atoms with E-state index in [0.717, 1.165) is 0 Å². The molecule has 19 heavy (non-hydrogen) atoms. The Bertz CT molecular complexity index is 342. The van der Waals surface area contributed by atoms with Crippen molar-refractivity contribution >= 4 is 0 Å². The van der Waals surface area contributed by atoms with Crippen LogP contribution in [0.3, 0.4) is 0 Å². The number of nitriles is 2. The number of azo groups is 1. The standard InChI is InChI=1S/C14H24N4.H2O/c1-11(2)7-13(5,9-15)17-18-14(6,10-16)8-12(3)4;/h11-12H,7-8H2,1-6H3;1H2. The first-order chi connectivity index (χ1) is 8.16. The second kappa shape index (κ2) is 7.86. The molecule has 0 saturated carbocycles. The number of rotatable bonds is 6. The third-order valence-electron chi connectivity index (χ3n) is 2.58. The van der Waals surface area contributed by atoms with E-state index in [-0.39, 0.29) is 5.48 Å². The van der Waals surface area contributed by atoms with Crippen LogP contribution in [0.4, 0.5) is 0 Å². The van der Waals surface area contributed by atoms with Gasteiger partial charge in [-0.2, -0.15) is 20.8 Å². The van der Waals surface area contributed by atoms with Gasteiger partial charge in [0, 0.05) is 0 Å². The molecule has 0 aromatic carbocycles. The van der Waals surface area contributed by atoms with Crippen LogP contribution in [-0.2, 0) is 0 Å². The molecule has 0 radical (unpaired) electrons. The molecule has 5 heteroatoms. The second-order valence-corrected chi connectivity index (χ2v) is 6.17. The summed E-state index contributed by atoms with van der Waals surface area (Å²) in [5, 5.41) is 26.7. The van der Waals surface area contributed by atoms with Crippen molar-refractivity contribution in [2.24, 2.45) is 22.1 Å². The molecule has 5 nitrogen and oxygen atoms in total. The largest absolute Gasteiger partial charge is 0.412 e. The topological polar surface area (TPSA) is 104 Å². The zero-order valence-electron chi connectivity index (χ0n) is 12.9. The second-order valence-electron chi connectivity index (χ2n) is 6.17. The quantitative estimate of drug-likeness (QED) is 0.688. The summed E-state index contributed by atoms with van der Waals surface area (Å²) in [5.74, 6) is 0.735. The van der Waals surface area contributed by atoms with Crippen LogP contribution in [0.5, 0.6) is 0 Å². The molecule has 0 fully saturated rings. The predicted octanol–water partition coefficient (Wildman–Crippen LogP) is 3.27. The minimum atomic E-state index is -0.830. The third kappa shape index (κ3) is 7.54. The summed E-state index contributed by atoms with van der Waals surface area (Å²) in [6.07, 6.45) is 1.30. The van der Waals surface area contributed by atoms with E-state index in [1.807, 2.05) is 27.7 Å². The molecule has 0 aliphatic rings. The molecule has 0 spiro atoms. The van der Waals surface area contributed by atoms with E-state index in [0.29, 0.717) is 24.7 Å². The summed E-state index contributed by atoms with van der Waals surface area (Å²) in [4.78, 5) is 0. The van der Waals surface area contributed by atoms with Crippen LogP contribution < -0.4 is 0 Å². The molecule has 0 aliphatic heterocycles. The van der Waals surface area contributed by atoms with E-state index in [1.165, 1.54) is 0 Å². The van der Waals surface area contributed by atoms with Crippen LogP contribution in [0.1, 0.15) is 54.4 Å². The van der Waals surface area contributed by atoms with Gasteiger partial charge in [0.1, 0.15) is 0 Å². The van der Waals surface area contributed by atoms with Crippen LogP contribution in [0.2, 0.25) is 0 Å². The highest BCUT2D eigenvalue weighted by Crippen LogP contribution is 2.25. The van der Waals surface area contributed by atoms with E-state index in [9.17, 15) is 10.5 Å². The van der Waals surface area contributed by atoms with Gasteiger partial charge in [0.25, 0.3) is 0 Å². The predicted molar refractivity (Wildman–Crippen MR) is 75.4 cm³/mol. The van der Waals surface area contributed by atoms with E-state index in [2.05, 4.69) is 22.4 Å². The van der Waals surface area contributed by atoms with Gasteiger partial charge in [-0.25, -0.2) is 0 Å². The molecule has 2 N–H and O–H groups in total. The Balaban J connectivity index is 0. The SMILES string of the molecule is CC(C)CC(C)(C#N)N=NC(C)(C#N)CC(C)C.O. The average Bonchev–Trinajstić information content (AvgIpc) is 2.25. The minimum absolute atomic E-state index is 0. The van der Waals surface area contributed by atoms with E-state index in [1.54, 1.807) is 13.8 Å². The van der Waals surface area contributed by atoms with E-state index in [4.69, 9.17) is 0 Å². The van der Waals surface area contributed by atoms with Crippen LogP contribution in [0, 0.1) is 34.5 Å². The molecular weight excluding hydrogens is 240 g/mol. The lowest BCUT2D eigenvalue weighted by atomic mass is 9.92. The van der Waals surface area contributed by atoms with Crippen molar-refractivity contribution in [3.05, 3.63) is 0 Å². The summed E-state index contributed by atoms with van der Waals surface area (Å²) in [6, 6.07) is 4.38. The number of nitrogens with zero attached hydrogens (tertiary/aromatic N) is 4. The fourth-order valence-corrected chi connectivity index (χ4v) is 2.03. The zero-order valence-corrected chi connectivity index (χ0v) is 12.9. The summed E-state index contributed by atoms with van der Waals surface area (Å²) in [5.41, 5.74) is -1.66. The molecule has 0 aliphatic carbocycles. The first kappa shape index (κ1) is 19.9. The van der Waals surface area contributed by atoms with Gasteiger partial charge in [-0.05, 0) is 38.5 Å². The normalized spacial score (nSPS) is 17.4. The molecule has 2 atom stereocenters. The molecule has 0 aromatic rings. The van der Waals surface area contributed by atoms with Crippen molar-refractivity contribution in [1.82, 2.24) is 0 Å². The smallest absolute Gasteiger partial charge is 0.165 e. The molecule has 0 heterocycles. The Morgan fingerprint density at radius 2 is 1.11 bits per heavy atom. The lowest BCUT2D eigenvalue weighted by Crippen LogP contribution is -2.26. The number of hydrogen-bond acceptors (Lipinski definition) is 4. The highest BCUT2D eigenvalue weighted by molar-refractivity contribution is 5.07. The maximum Gasteiger partial charge on any atom is 0.165 e. The molecule has 0 bridgehead atoms. The first-order valence-electron chi connectivity index (χ1n) is 6.43. The van der Waals surface area contributed by atoms with Gasteiger partial charge in [-0.1, -0.05) is 27.7 Å². The van der Waals surface area contributed by atoms with Gasteiger partial charge >= 0.3 is 0 Å². The Morgan fingerprint density at radius 3 is 1.26 bits per heavy atom. The molecule has 0 saturated heterocycles. The fourth-order valence-electron chi connectivity index (χ4n) is 2.03. The summed E-state index contributed by atoms with van der Waals surface area (Å²) >= 11 is 0. The monoisotopic (exact) mass is 266 g/mol. The maximum atomic E-state index is 9.20. The van der Waals surface area contributed by atoms with Crippen molar-refractivity contribution in [2.45, 2.75) is 65.5 Å². The van der Waals surface area contributed by atoms with Gasteiger partial charge in [0.05, 0.1) is 12.1 Å². The van der Waals surface area contributed by atoms with Gasteiger partial charge in [-0.3, -0.25) is 0 Å². The summed E-state index contributed by atoms with van der Waals surface area (Å²) in [6.45, 7) is 11.7. The van der Waals surface area contributed by atoms with Crippen LogP contribution in [0.15, 0.2) is 10.2 Å². The minimum Gasteiger partial charge on any atom is -0.412 e. The van der Waals surface area contributed by atoms with Crippen LogP contribution in [-0.4, -0.2) is 16.6 Å². The summed E-state index contributed by atoms with van der Waals surface area (Å²) in [7, 11) is 0. The van der Waals surface area contributed by atoms with Gasteiger partial charge in [-0.15, -0.1) is 0 Å². The molecule has 2 unspecified atom stereocenters. The third-order valence-corrected chi connectivity index (χ3v) is 2.58. The molecule has 0 rings (SSSR count). The Hall–Kier alpha value is -1.46. The van der Waals surface area contributed by atoms with Crippen molar-refractivity contribution in [1.29, 1.82) is 10.5 Å². The van der Waals surface area contributed by atoms with Gasteiger partial charge in [0.15, 0.2) is 11.1 Å². The van der Waals surface area contributed by atoms with E-state index < -0.39 is 11.1 Å². The number of hydrogen-bond donors (Lipinski definition) is 0. The maximum absolute atomic E-state index is 9.20.